The fourth-order valence-electron chi connectivity index (χ4n) is 1.00. The van der Waals surface area contributed by atoms with E-state index in [1.54, 1.807) is 0 Å². The van der Waals surface area contributed by atoms with Gasteiger partial charge in [-0.05, 0) is 6.07 Å². The van der Waals surface area contributed by atoms with Crippen LogP contribution >= 0.6 is 0 Å². The Morgan fingerprint density at radius 2 is 2.05 bits per heavy atom. The number of hydrogen-bond acceptors (Lipinski definition) is 3. The number of alkyl halides is 4. The predicted molar refractivity (Wildman–Crippen MR) is 53.9 cm³/mol. The Morgan fingerprint density at radius 1 is 1.47 bits per heavy atom. The predicted octanol–water partition coefficient (Wildman–Crippen LogP) is 0.892. The Morgan fingerprint density at radius 3 is 2.47 bits per heavy atom. The first-order chi connectivity index (χ1) is 8.56. The number of carbonyl (C=O) groups is 1. The molecule has 0 amide bonds. The summed E-state index contributed by atoms with van der Waals surface area (Å²) in [7, 11) is -4.50. The van der Waals surface area contributed by atoms with Crippen molar-refractivity contribution in [2.24, 2.45) is 0 Å². The minimum Gasteiger partial charge on any atom is -0.477 e. The van der Waals surface area contributed by atoms with Crippen LogP contribution < -0.4 is 4.72 Å². The van der Waals surface area contributed by atoms with E-state index in [2.05, 4.69) is 4.98 Å². The number of halogens is 4. The highest BCUT2D eigenvalue weighted by atomic mass is 32.2. The number of carboxylic acids is 1. The van der Waals surface area contributed by atoms with Crippen LogP contribution in [0.5, 0.6) is 0 Å². The van der Waals surface area contributed by atoms with Crippen molar-refractivity contribution in [3.8, 4) is 0 Å². The highest BCUT2D eigenvalue weighted by Gasteiger charge is 2.41. The van der Waals surface area contributed by atoms with Gasteiger partial charge in [0, 0.05) is 6.20 Å². The molecule has 0 saturated heterocycles. The molecule has 0 spiro atoms. The number of aromatic nitrogens is 1. The topological polar surface area (TPSA) is 99.3 Å². The van der Waals surface area contributed by atoms with Crippen molar-refractivity contribution in [2.75, 3.05) is 6.54 Å². The fourth-order valence-corrected chi connectivity index (χ4v) is 2.04. The molecule has 1 aromatic rings. The van der Waals surface area contributed by atoms with Crippen LogP contribution in [0.1, 0.15) is 10.5 Å². The van der Waals surface area contributed by atoms with Gasteiger partial charge in [0.25, 0.3) is 0 Å². The zero-order chi connectivity index (χ0) is 14.8. The number of H-pyrrole nitrogens is 1. The SMILES string of the molecule is O=C(O)c1cc(S(=O)(=O)NCC(F)(F)C(F)F)c[nH]1. The van der Waals surface area contributed by atoms with E-state index in [9.17, 15) is 30.8 Å². The molecule has 0 atom stereocenters. The van der Waals surface area contributed by atoms with Crippen LogP contribution in [0.15, 0.2) is 17.2 Å². The second kappa shape index (κ2) is 5.17. The van der Waals surface area contributed by atoms with Crippen LogP contribution in [0.4, 0.5) is 17.6 Å². The van der Waals surface area contributed by atoms with E-state index in [4.69, 9.17) is 5.11 Å². The molecule has 19 heavy (non-hydrogen) atoms. The molecule has 0 radical (unpaired) electrons. The highest BCUT2D eigenvalue weighted by molar-refractivity contribution is 7.89. The van der Waals surface area contributed by atoms with E-state index < -0.39 is 45.5 Å². The molecular weight excluding hydrogens is 296 g/mol. The van der Waals surface area contributed by atoms with E-state index in [1.165, 1.54) is 4.72 Å². The van der Waals surface area contributed by atoms with E-state index in [1.807, 2.05) is 0 Å². The van der Waals surface area contributed by atoms with Gasteiger partial charge < -0.3 is 10.1 Å². The summed E-state index contributed by atoms with van der Waals surface area (Å²) in [5.74, 6) is -5.97. The number of aromatic amines is 1. The zero-order valence-electron chi connectivity index (χ0n) is 9.03. The first-order valence-electron chi connectivity index (χ1n) is 4.63. The molecule has 0 fully saturated rings. The maximum atomic E-state index is 12.5. The standard InChI is InChI=1S/C8H8F4N2O4S/c9-7(10)8(11,12)3-14-19(17,18)4-1-5(6(15)16)13-2-4/h1-2,7,13-14H,3H2,(H,15,16). The van der Waals surface area contributed by atoms with Crippen molar-refractivity contribution < 1.29 is 35.9 Å². The quantitative estimate of drug-likeness (QED) is 0.680. The average Bonchev–Trinajstić information content (AvgIpc) is 2.76. The van der Waals surface area contributed by atoms with Crippen LogP contribution in [0.3, 0.4) is 0 Å². The van der Waals surface area contributed by atoms with Gasteiger partial charge in [-0.1, -0.05) is 0 Å². The Kier molecular flexibility index (Phi) is 4.20. The number of sulfonamides is 1. The molecule has 3 N–H and O–H groups in total. The molecule has 11 heteroatoms. The molecule has 0 bridgehead atoms. The van der Waals surface area contributed by atoms with E-state index >= 15 is 0 Å². The Balaban J connectivity index is 2.84. The second-order valence-electron chi connectivity index (χ2n) is 3.44. The summed E-state index contributed by atoms with van der Waals surface area (Å²) in [5.41, 5.74) is -0.485. The Hall–Kier alpha value is -1.62. The molecule has 0 saturated carbocycles. The number of aromatic carboxylic acids is 1. The Bertz CT molecular complexity index is 569. The van der Waals surface area contributed by atoms with Gasteiger partial charge in [-0.25, -0.2) is 26.7 Å². The van der Waals surface area contributed by atoms with Crippen LogP contribution in [0.2, 0.25) is 0 Å². The largest absolute Gasteiger partial charge is 0.477 e. The molecular formula is C8H8F4N2O4S. The first kappa shape index (κ1) is 15.4. The number of nitrogens with one attached hydrogen (secondary N) is 2. The molecule has 6 nitrogen and oxygen atoms in total. The summed E-state index contributed by atoms with van der Waals surface area (Å²) in [6.45, 7) is -1.79. The van der Waals surface area contributed by atoms with Crippen LogP contribution in [-0.2, 0) is 10.0 Å². The highest BCUT2D eigenvalue weighted by Crippen LogP contribution is 2.22. The van der Waals surface area contributed by atoms with Crippen molar-refractivity contribution >= 4 is 16.0 Å². The lowest BCUT2D eigenvalue weighted by Gasteiger charge is -2.15. The van der Waals surface area contributed by atoms with Gasteiger partial charge in [0.1, 0.15) is 10.6 Å². The summed E-state index contributed by atoms with van der Waals surface area (Å²) in [5, 5.41) is 8.53. The molecule has 1 heterocycles. The van der Waals surface area contributed by atoms with Crippen molar-refractivity contribution in [1.29, 1.82) is 0 Å². The monoisotopic (exact) mass is 304 g/mol. The normalized spacial score (nSPS) is 12.9. The van der Waals surface area contributed by atoms with E-state index in [0.29, 0.717) is 6.07 Å². The molecule has 0 aliphatic rings. The third-order valence-electron chi connectivity index (χ3n) is 2.01. The Labute approximate surface area is 104 Å². The van der Waals surface area contributed by atoms with Crippen molar-refractivity contribution in [3.05, 3.63) is 18.0 Å². The lowest BCUT2D eigenvalue weighted by atomic mass is 10.4. The van der Waals surface area contributed by atoms with Gasteiger partial charge in [-0.3, -0.25) is 0 Å². The minimum atomic E-state index is -4.51. The molecule has 0 aromatic carbocycles. The van der Waals surface area contributed by atoms with E-state index in [-0.39, 0.29) is 0 Å². The summed E-state index contributed by atoms with van der Waals surface area (Å²) in [6.07, 6.45) is -3.28. The maximum Gasteiger partial charge on any atom is 0.352 e. The van der Waals surface area contributed by atoms with Gasteiger partial charge in [0.05, 0.1) is 6.54 Å². The average molecular weight is 304 g/mol. The molecule has 0 unspecified atom stereocenters. The summed E-state index contributed by atoms with van der Waals surface area (Å²) in [4.78, 5) is 11.9. The second-order valence-corrected chi connectivity index (χ2v) is 5.21. The lowest BCUT2D eigenvalue weighted by Crippen LogP contribution is -2.41. The van der Waals surface area contributed by atoms with Crippen LogP contribution in [0.25, 0.3) is 0 Å². The summed E-state index contributed by atoms with van der Waals surface area (Å²) < 4.78 is 72.9. The van der Waals surface area contributed by atoms with Gasteiger partial charge in [0.15, 0.2) is 0 Å². The molecule has 1 aromatic heterocycles. The van der Waals surface area contributed by atoms with Crippen molar-refractivity contribution in [3.63, 3.8) is 0 Å². The lowest BCUT2D eigenvalue weighted by molar-refractivity contribution is -0.122. The van der Waals surface area contributed by atoms with Gasteiger partial charge in [-0.2, -0.15) is 8.78 Å². The minimum absolute atomic E-state index is 0.485. The first-order valence-corrected chi connectivity index (χ1v) is 6.12. The van der Waals surface area contributed by atoms with Crippen molar-refractivity contribution in [2.45, 2.75) is 17.2 Å². The molecule has 0 aliphatic heterocycles. The fraction of sp³-hybridized carbons (Fsp3) is 0.375. The van der Waals surface area contributed by atoms with Gasteiger partial charge in [0.2, 0.25) is 10.0 Å². The summed E-state index contributed by atoms with van der Waals surface area (Å²) >= 11 is 0. The van der Waals surface area contributed by atoms with Crippen LogP contribution in [0, 0.1) is 0 Å². The zero-order valence-corrected chi connectivity index (χ0v) is 9.85. The van der Waals surface area contributed by atoms with Crippen LogP contribution in [-0.4, -0.2) is 43.4 Å². The third-order valence-corrected chi connectivity index (χ3v) is 3.40. The number of carboxylic acid groups (broad SMARTS) is 1. The van der Waals surface area contributed by atoms with Crippen molar-refractivity contribution in [1.82, 2.24) is 9.71 Å². The molecule has 1 rings (SSSR count). The maximum absolute atomic E-state index is 12.5. The number of hydrogen-bond donors (Lipinski definition) is 3. The smallest absolute Gasteiger partial charge is 0.352 e. The van der Waals surface area contributed by atoms with E-state index in [0.717, 1.165) is 6.20 Å². The third kappa shape index (κ3) is 3.67. The number of rotatable bonds is 6. The van der Waals surface area contributed by atoms with Gasteiger partial charge >= 0.3 is 18.3 Å². The molecule has 108 valence electrons. The van der Waals surface area contributed by atoms with Gasteiger partial charge in [-0.15, -0.1) is 0 Å². The summed E-state index contributed by atoms with van der Waals surface area (Å²) in [6, 6.07) is 0.672. The molecule has 0 aliphatic carbocycles.